The van der Waals surface area contributed by atoms with Crippen LogP contribution in [-0.2, 0) is 144 Å². The van der Waals surface area contributed by atoms with Gasteiger partial charge in [-0.2, -0.15) is 0 Å². The van der Waals surface area contributed by atoms with E-state index in [1.54, 1.807) is 69.1 Å². The van der Waals surface area contributed by atoms with Gasteiger partial charge in [0.15, 0.2) is 18.9 Å². The predicted octanol–water partition coefficient (Wildman–Crippen LogP) is 9.90. The summed E-state index contributed by atoms with van der Waals surface area (Å²) in [6.07, 6.45) is 2.13. The SMILES string of the molecule is COc1ccc(C(OCC(OC(=O)CCC(C)=O)C(=O)N(CCCCN(CCCNC(=O)CCCCCCCO[C@@H]2OC(COC(C)=O)[C@H](OC(C)=O)[C@H](C)C2NC(C)=O)C(=O)CCCCCCCO[C@@H]2OC(COC(C)=O)[C@H](OC(C)=O)[C@H](C)C2NC(C)=O)CCCNC(=O)CCCCCCCO[C@@H]2OC(COC(C)=O)[C@H](OC(C)=O)[C@H](C)C2NC(C)=O)(c2ccccc2)c2ccc(OC)cc2)cc1. The molecule has 3 heterocycles. The van der Waals surface area contributed by atoms with Gasteiger partial charge in [-0.3, -0.25) is 67.1 Å². The van der Waals surface area contributed by atoms with Gasteiger partial charge in [0.1, 0.15) is 79.3 Å². The lowest BCUT2D eigenvalue weighted by Crippen LogP contribution is -2.62. The Morgan fingerprint density at radius 3 is 1.06 bits per heavy atom. The van der Waals surface area contributed by atoms with Crippen LogP contribution in [0.4, 0.5) is 0 Å². The number of carbonyl (C=O) groups excluding carboxylic acids is 15. The fourth-order valence-electron chi connectivity index (χ4n) is 17.3. The number of amides is 7. The quantitative estimate of drug-likeness (QED) is 0.0152. The number of carbonyl (C=O) groups is 15. The second-order valence-electron chi connectivity index (χ2n) is 36.0. The van der Waals surface area contributed by atoms with Crippen molar-refractivity contribution in [3.8, 4) is 11.5 Å². The van der Waals surface area contributed by atoms with Crippen molar-refractivity contribution in [2.24, 2.45) is 17.8 Å². The summed E-state index contributed by atoms with van der Waals surface area (Å²) >= 11 is 0. The molecule has 0 aromatic heterocycles. The Balaban J connectivity index is 1.16. The van der Waals surface area contributed by atoms with E-state index in [9.17, 15) is 67.1 Å². The van der Waals surface area contributed by atoms with E-state index < -0.39 is 157 Å². The molecule has 3 aromatic carbocycles. The smallest absolute Gasteiger partial charge is 0.307 e. The number of nitrogens with zero attached hydrogens (tertiary/aromatic N) is 2. The van der Waals surface area contributed by atoms with E-state index in [2.05, 4.69) is 26.6 Å². The number of hydrogen-bond donors (Lipinski definition) is 5. The third-order valence-corrected chi connectivity index (χ3v) is 24.5. The molecule has 38 nitrogen and oxygen atoms in total. The largest absolute Gasteiger partial charge is 0.497 e. The summed E-state index contributed by atoms with van der Waals surface area (Å²) in [6.45, 7) is 19.1. The third kappa shape index (κ3) is 42.2. The second-order valence-corrected chi connectivity index (χ2v) is 36.0. The fourth-order valence-corrected chi connectivity index (χ4v) is 17.3. The molecular formula is C102H153N7O31. The van der Waals surface area contributed by atoms with Gasteiger partial charge < -0.3 is 117 Å². The maximum atomic E-state index is 15.8. The Bertz CT molecular complexity index is 4300. The Kier molecular flexibility index (Phi) is 53.8. The van der Waals surface area contributed by atoms with Crippen molar-refractivity contribution >= 4 is 88.9 Å². The summed E-state index contributed by atoms with van der Waals surface area (Å²) in [4.78, 5) is 196. The van der Waals surface area contributed by atoms with Crippen LogP contribution >= 0.6 is 0 Å². The van der Waals surface area contributed by atoms with Gasteiger partial charge in [-0.15, -0.1) is 0 Å². The summed E-state index contributed by atoms with van der Waals surface area (Å²) in [5, 5.41) is 14.6. The molecule has 3 aliphatic rings. The lowest BCUT2D eigenvalue weighted by molar-refractivity contribution is -0.262. The number of unbranched alkanes of at least 4 members (excludes halogenated alkanes) is 13. The van der Waals surface area contributed by atoms with Crippen LogP contribution in [0.1, 0.15) is 261 Å². The molecule has 140 heavy (non-hydrogen) atoms. The van der Waals surface area contributed by atoms with Crippen LogP contribution in [0, 0.1) is 17.8 Å². The number of Topliss-reactive ketones (excluding diaryl/α,β-unsaturated/α-hetero) is 1. The third-order valence-electron chi connectivity index (χ3n) is 24.5. The fraction of sp³-hybridized carbons (Fsp3) is 0.676. The van der Waals surface area contributed by atoms with Gasteiger partial charge >= 0.3 is 41.8 Å². The van der Waals surface area contributed by atoms with Gasteiger partial charge in [0.25, 0.3) is 5.91 Å². The molecule has 7 unspecified atom stereocenters. The normalized spacial score (nSPS) is 21.2. The van der Waals surface area contributed by atoms with Crippen molar-refractivity contribution in [2.45, 2.75) is 329 Å². The van der Waals surface area contributed by atoms with Crippen molar-refractivity contribution < 1.29 is 148 Å². The highest BCUT2D eigenvalue weighted by Crippen LogP contribution is 2.43. The first-order valence-corrected chi connectivity index (χ1v) is 49.3. The van der Waals surface area contributed by atoms with Crippen molar-refractivity contribution in [1.29, 1.82) is 0 Å². The van der Waals surface area contributed by atoms with Crippen LogP contribution in [0.15, 0.2) is 78.9 Å². The number of ether oxygens (including phenoxy) is 16. The molecule has 0 saturated carbocycles. The molecule has 0 aliphatic carbocycles. The summed E-state index contributed by atoms with van der Waals surface area (Å²) in [5.41, 5.74) is 0.438. The second kappa shape index (κ2) is 63.9. The first-order valence-electron chi connectivity index (χ1n) is 49.3. The van der Waals surface area contributed by atoms with E-state index in [1.807, 2.05) is 54.6 Å². The minimum Gasteiger partial charge on any atom is -0.497 e. The molecule has 0 radical (unpaired) electrons. The van der Waals surface area contributed by atoms with E-state index >= 15 is 4.79 Å². The van der Waals surface area contributed by atoms with Crippen LogP contribution in [0.25, 0.3) is 0 Å². The van der Waals surface area contributed by atoms with Gasteiger partial charge in [0.2, 0.25) is 41.5 Å². The van der Waals surface area contributed by atoms with E-state index in [0.29, 0.717) is 105 Å². The molecule has 3 aliphatic heterocycles. The minimum atomic E-state index is -1.60. The summed E-state index contributed by atoms with van der Waals surface area (Å²) < 4.78 is 94.3. The van der Waals surface area contributed by atoms with Crippen molar-refractivity contribution in [1.82, 2.24) is 36.4 Å². The van der Waals surface area contributed by atoms with Crippen LogP contribution in [0.3, 0.4) is 0 Å². The van der Waals surface area contributed by atoms with Crippen LogP contribution in [0.5, 0.6) is 11.5 Å². The van der Waals surface area contributed by atoms with Crippen molar-refractivity contribution in [3.63, 3.8) is 0 Å². The molecule has 16 atom stereocenters. The Hall–Kier alpha value is -10.8. The first-order chi connectivity index (χ1) is 66.9. The number of benzene rings is 3. The summed E-state index contributed by atoms with van der Waals surface area (Å²) in [6, 6.07) is 21.8. The van der Waals surface area contributed by atoms with Crippen molar-refractivity contribution in [3.05, 3.63) is 95.6 Å². The van der Waals surface area contributed by atoms with Gasteiger partial charge in [0, 0.05) is 165 Å². The zero-order valence-corrected chi connectivity index (χ0v) is 84.5. The molecule has 6 rings (SSSR count). The zero-order chi connectivity index (χ0) is 103. The lowest BCUT2D eigenvalue weighted by atomic mass is 9.80. The summed E-state index contributed by atoms with van der Waals surface area (Å²) in [5.74, 6) is -6.90. The lowest BCUT2D eigenvalue weighted by Gasteiger charge is -2.44. The number of esters is 7. The number of hydrogen-bond acceptors (Lipinski definition) is 31. The average molecular weight is 1970 g/mol. The molecule has 38 heteroatoms. The number of ketones is 1. The van der Waals surface area contributed by atoms with E-state index in [1.165, 1.54) is 69.2 Å². The number of rotatable bonds is 65. The molecule has 7 amide bonds. The molecular weight excluding hydrogens is 1820 g/mol. The van der Waals surface area contributed by atoms with E-state index in [4.69, 9.17) is 75.8 Å². The van der Waals surface area contributed by atoms with E-state index in [0.717, 1.165) is 38.5 Å². The highest BCUT2D eigenvalue weighted by atomic mass is 16.7. The molecule has 5 N–H and O–H groups in total. The maximum absolute atomic E-state index is 15.8. The molecule has 0 bridgehead atoms. The Morgan fingerprint density at radius 1 is 0.371 bits per heavy atom. The average Bonchev–Trinajstić information content (AvgIpc) is 0.757. The maximum Gasteiger partial charge on any atom is 0.307 e. The first kappa shape index (κ1) is 118. The topological polar surface area (TPSA) is 470 Å². The Morgan fingerprint density at radius 2 is 0.707 bits per heavy atom. The standard InChI is InChI=1S/C102H153N7O31/c1-66(110)43-52-91(123)137-87(65-133-102(79-38-26-25-27-39-79,80-44-48-82(125-14)49-45-80)81-46-50-83(126-15)51-47-81)98(124)109(58-37-54-104-89(121)41-29-20-17-23-34-60-128-100-93(106-71(6)112)68(3)96(135-77(12)118)85(139-100)63-131-74(9)115)56-32-31-55-108(90(122)42-30-21-18-24-35-61-129-101-94(107-72(7)113)69(4)97(136-78(13)119)86(140-101)64-132-75(10)116)57-36-53-103-88(120)40-28-19-16-22-33-59-127-99-92(105-70(5)111)67(2)95(134-76(11)117)84(138-99)62-130-73(8)114/h25-27,38-39,44-51,67-69,84-87,92-97,99-101H,16-24,28-37,40-43,52-65H2,1-15H3,(H,103,120)(H,104,121)(H,105,111)(H,106,112)(H,107,113)/t67-,68-,69-,84?,85?,86?,87?,92?,93?,94?,95-,96-,97-,99-,100-,101-/m1/s1. The monoisotopic (exact) mass is 1970 g/mol. The number of nitrogens with one attached hydrogen (secondary N) is 5. The molecule has 782 valence electrons. The van der Waals surface area contributed by atoms with E-state index in [-0.39, 0.29) is 159 Å². The summed E-state index contributed by atoms with van der Waals surface area (Å²) in [7, 11) is 3.10. The predicted molar refractivity (Wildman–Crippen MR) is 510 cm³/mol. The van der Waals surface area contributed by atoms with Gasteiger partial charge in [-0.1, -0.05) is 133 Å². The Labute approximate surface area is 823 Å². The van der Waals surface area contributed by atoms with Gasteiger partial charge in [0.05, 0.1) is 45.4 Å². The van der Waals surface area contributed by atoms with Crippen molar-refractivity contribution in [2.75, 3.05) is 99.7 Å². The zero-order valence-electron chi connectivity index (χ0n) is 84.5. The van der Waals surface area contributed by atoms with Crippen LogP contribution in [-0.4, -0.2) is 278 Å². The van der Waals surface area contributed by atoms with Gasteiger partial charge in [-0.25, -0.2) is 0 Å². The molecule has 3 saturated heterocycles. The van der Waals surface area contributed by atoms with Crippen LogP contribution < -0.4 is 36.1 Å². The highest BCUT2D eigenvalue weighted by Gasteiger charge is 2.51. The number of methoxy groups -OCH3 is 2. The molecule has 3 aromatic rings. The molecule has 0 spiro atoms. The van der Waals surface area contributed by atoms with Gasteiger partial charge in [-0.05, 0) is 112 Å². The van der Waals surface area contributed by atoms with Crippen LogP contribution in [0.2, 0.25) is 0 Å². The molecule has 3 fully saturated rings. The minimum absolute atomic E-state index is 0.0629. The highest BCUT2D eigenvalue weighted by molar-refractivity contribution is 5.86.